The Bertz CT molecular complexity index is 704. The maximum atomic E-state index is 13.6. The van der Waals surface area contributed by atoms with Crippen LogP contribution in [0.25, 0.3) is 0 Å². The zero-order valence-corrected chi connectivity index (χ0v) is 12.6. The van der Waals surface area contributed by atoms with E-state index in [2.05, 4.69) is 5.32 Å². The maximum Gasteiger partial charge on any atom is 0.228 e. The van der Waals surface area contributed by atoms with Crippen LogP contribution in [-0.4, -0.2) is 17.6 Å². The lowest BCUT2D eigenvalue weighted by Crippen LogP contribution is -2.15. The van der Waals surface area contributed by atoms with Gasteiger partial charge in [0.25, 0.3) is 0 Å². The molecule has 0 saturated carbocycles. The van der Waals surface area contributed by atoms with E-state index < -0.39 is 17.5 Å². The number of hydrogen-bond donors (Lipinski definition) is 2. The number of aliphatic hydroxyl groups excluding tert-OH is 1. The van der Waals surface area contributed by atoms with Gasteiger partial charge in [-0.25, -0.2) is 8.78 Å². The van der Waals surface area contributed by atoms with Gasteiger partial charge >= 0.3 is 0 Å². The van der Waals surface area contributed by atoms with E-state index in [1.54, 1.807) is 18.2 Å². The number of carbonyl (C=O) groups excluding carboxylic acids is 1. The normalized spacial score (nSPS) is 10.4. The van der Waals surface area contributed by atoms with Crippen molar-refractivity contribution < 1.29 is 23.4 Å². The monoisotopic (exact) mass is 321 g/mol. The number of rotatable bonds is 6. The van der Waals surface area contributed by atoms with Crippen molar-refractivity contribution in [2.24, 2.45) is 0 Å². The zero-order chi connectivity index (χ0) is 16.8. The van der Waals surface area contributed by atoms with Crippen LogP contribution >= 0.6 is 0 Å². The molecule has 122 valence electrons. The quantitative estimate of drug-likeness (QED) is 0.860. The minimum atomic E-state index is -1.02. The summed E-state index contributed by atoms with van der Waals surface area (Å²) in [4.78, 5) is 12.0. The molecule has 0 atom stereocenters. The highest BCUT2D eigenvalue weighted by molar-refractivity contribution is 5.92. The number of anilines is 1. The van der Waals surface area contributed by atoms with Crippen molar-refractivity contribution in [1.29, 1.82) is 0 Å². The van der Waals surface area contributed by atoms with Crippen LogP contribution in [0, 0.1) is 11.6 Å². The molecule has 0 heterocycles. The summed E-state index contributed by atoms with van der Waals surface area (Å²) < 4.78 is 32.0. The predicted octanol–water partition coefficient (Wildman–Crippen LogP) is 3.04. The molecule has 0 aliphatic carbocycles. The molecule has 0 spiro atoms. The van der Waals surface area contributed by atoms with Crippen molar-refractivity contribution in [1.82, 2.24) is 0 Å². The zero-order valence-electron chi connectivity index (χ0n) is 12.6. The molecule has 0 unspecified atom stereocenters. The third-order valence-electron chi connectivity index (χ3n) is 3.20. The topological polar surface area (TPSA) is 58.6 Å². The van der Waals surface area contributed by atoms with Crippen LogP contribution in [0.15, 0.2) is 36.4 Å². The fourth-order valence-corrected chi connectivity index (χ4v) is 2.14. The van der Waals surface area contributed by atoms with E-state index >= 15 is 0 Å². The number of halogens is 2. The maximum absolute atomic E-state index is 13.6. The molecule has 0 fully saturated rings. The van der Waals surface area contributed by atoms with Crippen LogP contribution in [0.4, 0.5) is 14.5 Å². The van der Waals surface area contributed by atoms with Crippen molar-refractivity contribution in [3.63, 3.8) is 0 Å². The first-order valence-corrected chi connectivity index (χ1v) is 7.14. The van der Waals surface area contributed by atoms with Gasteiger partial charge in [-0.15, -0.1) is 0 Å². The third-order valence-corrected chi connectivity index (χ3v) is 3.20. The van der Waals surface area contributed by atoms with Gasteiger partial charge in [0.1, 0.15) is 5.75 Å². The number of amides is 1. The molecule has 1 amide bonds. The smallest absolute Gasteiger partial charge is 0.228 e. The highest BCUT2D eigenvalue weighted by Gasteiger charge is 2.12. The summed E-state index contributed by atoms with van der Waals surface area (Å²) in [6.45, 7) is 2.04. The van der Waals surface area contributed by atoms with Gasteiger partial charge in [0, 0.05) is 16.8 Å². The van der Waals surface area contributed by atoms with Crippen LogP contribution in [0.3, 0.4) is 0 Å². The van der Waals surface area contributed by atoms with Crippen LogP contribution < -0.4 is 10.1 Å². The summed E-state index contributed by atoms with van der Waals surface area (Å²) in [5.41, 5.74) is 0.955. The van der Waals surface area contributed by atoms with Gasteiger partial charge in [-0.2, -0.15) is 0 Å². The fourth-order valence-electron chi connectivity index (χ4n) is 2.14. The second-order valence-electron chi connectivity index (χ2n) is 4.85. The molecule has 0 bridgehead atoms. The van der Waals surface area contributed by atoms with E-state index in [9.17, 15) is 18.7 Å². The highest BCUT2D eigenvalue weighted by atomic mass is 19.2. The molecule has 2 aromatic carbocycles. The lowest BCUT2D eigenvalue weighted by molar-refractivity contribution is -0.115. The Morgan fingerprint density at radius 2 is 2.00 bits per heavy atom. The summed E-state index contributed by atoms with van der Waals surface area (Å²) >= 11 is 0. The van der Waals surface area contributed by atoms with E-state index in [0.29, 0.717) is 23.6 Å². The Kier molecular flexibility index (Phi) is 5.65. The van der Waals surface area contributed by atoms with Crippen LogP contribution in [0.5, 0.6) is 5.75 Å². The van der Waals surface area contributed by atoms with E-state index in [-0.39, 0.29) is 18.6 Å². The summed E-state index contributed by atoms with van der Waals surface area (Å²) in [5.74, 6) is -1.96. The molecule has 0 radical (unpaired) electrons. The Balaban J connectivity index is 2.09. The predicted molar refractivity (Wildman–Crippen MR) is 82.2 cm³/mol. The van der Waals surface area contributed by atoms with E-state index in [4.69, 9.17) is 4.74 Å². The van der Waals surface area contributed by atoms with E-state index in [0.717, 1.165) is 6.07 Å². The van der Waals surface area contributed by atoms with Crippen molar-refractivity contribution >= 4 is 11.6 Å². The lowest BCUT2D eigenvalue weighted by Gasteiger charge is -2.11. The molecule has 6 heteroatoms. The summed E-state index contributed by atoms with van der Waals surface area (Å²) in [5, 5.41) is 11.9. The van der Waals surface area contributed by atoms with Crippen molar-refractivity contribution in [2.45, 2.75) is 20.0 Å². The summed E-state index contributed by atoms with van der Waals surface area (Å²) in [6.07, 6.45) is -0.286. The third kappa shape index (κ3) is 4.26. The first-order valence-electron chi connectivity index (χ1n) is 7.14. The number of carbonyl (C=O) groups is 1. The second kappa shape index (κ2) is 7.69. The van der Waals surface area contributed by atoms with E-state index in [1.165, 1.54) is 12.1 Å². The van der Waals surface area contributed by atoms with Crippen molar-refractivity contribution in [3.8, 4) is 5.75 Å². The first-order chi connectivity index (χ1) is 11.0. The van der Waals surface area contributed by atoms with Gasteiger partial charge in [0.05, 0.1) is 19.6 Å². The van der Waals surface area contributed by atoms with Gasteiger partial charge in [-0.3, -0.25) is 4.79 Å². The number of benzene rings is 2. The standard InChI is InChI=1S/C17H17F2NO3/c1-2-23-15-7-6-13(8-12(15)10-21)20-16(22)9-11-4-3-5-14(18)17(11)19/h3-8,21H,2,9-10H2,1H3,(H,20,22). The van der Waals surface area contributed by atoms with E-state index in [1.807, 2.05) is 6.92 Å². The fraction of sp³-hybridized carbons (Fsp3) is 0.235. The van der Waals surface area contributed by atoms with Gasteiger partial charge in [0.2, 0.25) is 5.91 Å². The molecule has 23 heavy (non-hydrogen) atoms. The molecule has 0 aliphatic heterocycles. The van der Waals surface area contributed by atoms with Gasteiger partial charge < -0.3 is 15.2 Å². The summed E-state index contributed by atoms with van der Waals surface area (Å²) in [7, 11) is 0. The molecule has 4 nitrogen and oxygen atoms in total. The highest BCUT2D eigenvalue weighted by Crippen LogP contribution is 2.23. The number of ether oxygens (including phenoxy) is 1. The largest absolute Gasteiger partial charge is 0.494 e. The Morgan fingerprint density at radius 3 is 2.70 bits per heavy atom. The van der Waals surface area contributed by atoms with Crippen molar-refractivity contribution in [3.05, 3.63) is 59.2 Å². The number of nitrogens with one attached hydrogen (secondary N) is 1. The molecule has 0 aromatic heterocycles. The molecule has 0 aliphatic rings. The average Bonchev–Trinajstić information content (AvgIpc) is 2.53. The summed E-state index contributed by atoms with van der Waals surface area (Å²) in [6, 6.07) is 8.52. The lowest BCUT2D eigenvalue weighted by atomic mass is 10.1. The Hall–Kier alpha value is -2.47. The number of aliphatic hydroxyl groups is 1. The van der Waals surface area contributed by atoms with Gasteiger partial charge in [-0.05, 0) is 31.2 Å². The molecular weight excluding hydrogens is 304 g/mol. The Morgan fingerprint density at radius 1 is 1.22 bits per heavy atom. The minimum absolute atomic E-state index is 0.0178. The average molecular weight is 321 g/mol. The minimum Gasteiger partial charge on any atom is -0.494 e. The second-order valence-corrected chi connectivity index (χ2v) is 4.85. The molecule has 0 saturated heterocycles. The van der Waals surface area contributed by atoms with Crippen LogP contribution in [-0.2, 0) is 17.8 Å². The molecule has 2 aromatic rings. The number of hydrogen-bond acceptors (Lipinski definition) is 3. The van der Waals surface area contributed by atoms with Crippen LogP contribution in [0.1, 0.15) is 18.1 Å². The Labute approximate surface area is 132 Å². The molecule has 2 N–H and O–H groups in total. The van der Waals surface area contributed by atoms with Crippen molar-refractivity contribution in [2.75, 3.05) is 11.9 Å². The molecule has 2 rings (SSSR count). The molecular formula is C17H17F2NO3. The van der Waals surface area contributed by atoms with Gasteiger partial charge in [-0.1, -0.05) is 12.1 Å². The van der Waals surface area contributed by atoms with Gasteiger partial charge in [0.15, 0.2) is 11.6 Å². The SMILES string of the molecule is CCOc1ccc(NC(=O)Cc2cccc(F)c2F)cc1CO. The first kappa shape index (κ1) is 16.9. The van der Waals surface area contributed by atoms with Crippen LogP contribution in [0.2, 0.25) is 0 Å².